The smallest absolute Gasteiger partial charge is 0.0962 e. The molecule has 0 saturated heterocycles. The molecule has 1 aromatic heterocycles. The van der Waals surface area contributed by atoms with Crippen molar-refractivity contribution in [2.75, 3.05) is 0 Å². The summed E-state index contributed by atoms with van der Waals surface area (Å²) in [5.41, 5.74) is 1.80. The number of nitrogens with zero attached hydrogens (tertiary/aromatic N) is 1. The van der Waals surface area contributed by atoms with Crippen molar-refractivity contribution in [3.63, 3.8) is 0 Å². The van der Waals surface area contributed by atoms with Crippen LogP contribution in [0.4, 0.5) is 0 Å². The summed E-state index contributed by atoms with van der Waals surface area (Å²) in [5, 5.41) is 9.79. The monoisotopic (exact) mass is 177 g/mol. The number of hydrogen-bond donors (Lipinski definition) is 1. The lowest BCUT2D eigenvalue weighted by Gasteiger charge is -2.09. The van der Waals surface area contributed by atoms with Crippen molar-refractivity contribution in [1.82, 2.24) is 4.98 Å². The van der Waals surface area contributed by atoms with Gasteiger partial charge in [0.15, 0.2) is 0 Å². The fraction of sp³-hybridized carbons (Fsp3) is 0.545. The zero-order valence-electron chi connectivity index (χ0n) is 7.90. The molecule has 1 aromatic rings. The molecule has 1 fully saturated rings. The van der Waals surface area contributed by atoms with Crippen LogP contribution in [0, 0.1) is 12.8 Å². The molecule has 70 valence electrons. The van der Waals surface area contributed by atoms with Crippen molar-refractivity contribution in [2.45, 2.75) is 32.3 Å². The minimum absolute atomic E-state index is 0.354. The Hall–Kier alpha value is -0.890. The Bertz CT molecular complexity index is 294. The predicted molar refractivity (Wildman–Crippen MR) is 51.3 cm³/mol. The third-order valence-electron chi connectivity index (χ3n) is 2.50. The first-order valence-electron chi connectivity index (χ1n) is 4.87. The average molecular weight is 177 g/mol. The van der Waals surface area contributed by atoms with Crippen LogP contribution < -0.4 is 0 Å². The van der Waals surface area contributed by atoms with Gasteiger partial charge in [-0.15, -0.1) is 0 Å². The van der Waals surface area contributed by atoms with Gasteiger partial charge in [0.05, 0.1) is 11.8 Å². The molecule has 0 radical (unpaired) electrons. The summed E-state index contributed by atoms with van der Waals surface area (Å²) in [4.78, 5) is 4.30. The summed E-state index contributed by atoms with van der Waals surface area (Å²) >= 11 is 0. The van der Waals surface area contributed by atoms with Crippen molar-refractivity contribution in [3.8, 4) is 0 Å². The van der Waals surface area contributed by atoms with Crippen LogP contribution in [-0.4, -0.2) is 10.1 Å². The Balaban J connectivity index is 2.04. The normalized spacial score (nSPS) is 18.6. The van der Waals surface area contributed by atoms with Gasteiger partial charge in [-0.1, -0.05) is 18.9 Å². The zero-order chi connectivity index (χ0) is 9.26. The molecule has 1 atom stereocenters. The number of rotatable bonds is 3. The van der Waals surface area contributed by atoms with Crippen LogP contribution in [-0.2, 0) is 0 Å². The highest BCUT2D eigenvalue weighted by molar-refractivity contribution is 5.12. The maximum Gasteiger partial charge on any atom is 0.0962 e. The lowest BCUT2D eigenvalue weighted by Crippen LogP contribution is -2.01. The van der Waals surface area contributed by atoms with Crippen molar-refractivity contribution in [3.05, 3.63) is 29.6 Å². The van der Waals surface area contributed by atoms with Gasteiger partial charge in [0, 0.05) is 5.69 Å². The summed E-state index contributed by atoms with van der Waals surface area (Å²) in [5.74, 6) is 0.748. The van der Waals surface area contributed by atoms with E-state index in [1.165, 1.54) is 12.8 Å². The van der Waals surface area contributed by atoms with E-state index in [4.69, 9.17) is 0 Å². The minimum atomic E-state index is -0.354. The fourth-order valence-corrected chi connectivity index (χ4v) is 1.54. The van der Waals surface area contributed by atoms with Gasteiger partial charge in [-0.25, -0.2) is 0 Å². The molecule has 2 nitrogen and oxygen atoms in total. The zero-order valence-corrected chi connectivity index (χ0v) is 7.90. The van der Waals surface area contributed by atoms with Crippen LogP contribution in [0.15, 0.2) is 18.2 Å². The first-order valence-corrected chi connectivity index (χ1v) is 4.87. The van der Waals surface area contributed by atoms with Crippen LogP contribution in [0.5, 0.6) is 0 Å². The molecule has 1 N–H and O–H groups in total. The standard InChI is InChI=1S/C11H15NO/c1-8-3-2-4-10(12-8)11(13)7-9-5-6-9/h2-4,9,11,13H,5-7H2,1H3. The Morgan fingerprint density at radius 3 is 2.92 bits per heavy atom. The van der Waals surface area contributed by atoms with Gasteiger partial charge in [0.25, 0.3) is 0 Å². The SMILES string of the molecule is Cc1cccc(C(O)CC2CC2)n1. The molecular formula is C11H15NO. The van der Waals surface area contributed by atoms with Gasteiger partial charge in [-0.05, 0) is 31.4 Å². The molecule has 1 saturated carbocycles. The third kappa shape index (κ3) is 2.28. The molecular weight excluding hydrogens is 162 g/mol. The van der Waals surface area contributed by atoms with E-state index in [9.17, 15) is 5.11 Å². The van der Waals surface area contributed by atoms with Crippen molar-refractivity contribution in [1.29, 1.82) is 0 Å². The number of hydrogen-bond acceptors (Lipinski definition) is 2. The van der Waals surface area contributed by atoms with Crippen molar-refractivity contribution < 1.29 is 5.11 Å². The minimum Gasteiger partial charge on any atom is -0.387 e. The number of aliphatic hydroxyl groups excluding tert-OH is 1. The quantitative estimate of drug-likeness (QED) is 0.768. The highest BCUT2D eigenvalue weighted by Gasteiger charge is 2.25. The first kappa shape index (κ1) is 8.70. The Morgan fingerprint density at radius 2 is 2.31 bits per heavy atom. The molecule has 2 rings (SSSR count). The molecule has 1 aliphatic rings. The van der Waals surface area contributed by atoms with E-state index in [1.807, 2.05) is 25.1 Å². The van der Waals surface area contributed by atoms with Gasteiger partial charge in [0.2, 0.25) is 0 Å². The summed E-state index contributed by atoms with van der Waals surface area (Å²) in [6.45, 7) is 1.95. The highest BCUT2D eigenvalue weighted by Crippen LogP contribution is 2.37. The van der Waals surface area contributed by atoms with Crippen LogP contribution in [0.2, 0.25) is 0 Å². The topological polar surface area (TPSA) is 33.1 Å². The van der Waals surface area contributed by atoms with E-state index in [0.717, 1.165) is 23.7 Å². The predicted octanol–water partition coefficient (Wildman–Crippen LogP) is 2.22. The lowest BCUT2D eigenvalue weighted by molar-refractivity contribution is 0.155. The van der Waals surface area contributed by atoms with E-state index in [0.29, 0.717) is 0 Å². The molecule has 0 aromatic carbocycles. The Morgan fingerprint density at radius 1 is 1.54 bits per heavy atom. The van der Waals surface area contributed by atoms with Crippen LogP contribution >= 0.6 is 0 Å². The van der Waals surface area contributed by atoms with E-state index < -0.39 is 0 Å². The van der Waals surface area contributed by atoms with Gasteiger partial charge in [-0.3, -0.25) is 4.98 Å². The third-order valence-corrected chi connectivity index (χ3v) is 2.50. The van der Waals surface area contributed by atoms with Gasteiger partial charge in [0.1, 0.15) is 0 Å². The molecule has 0 bridgehead atoms. The van der Waals surface area contributed by atoms with Gasteiger partial charge < -0.3 is 5.11 Å². The molecule has 2 heteroatoms. The summed E-state index contributed by atoms with van der Waals surface area (Å²) in [7, 11) is 0. The molecule has 1 aliphatic carbocycles. The Kier molecular flexibility index (Phi) is 2.32. The Labute approximate surface area is 78.6 Å². The van der Waals surface area contributed by atoms with E-state index in [-0.39, 0.29) is 6.10 Å². The summed E-state index contributed by atoms with van der Waals surface area (Å²) in [6.07, 6.45) is 3.09. The second-order valence-electron chi connectivity index (χ2n) is 3.90. The average Bonchev–Trinajstić information content (AvgIpc) is 2.88. The fourth-order valence-electron chi connectivity index (χ4n) is 1.54. The molecule has 0 aliphatic heterocycles. The second kappa shape index (κ2) is 3.46. The second-order valence-corrected chi connectivity index (χ2v) is 3.90. The van der Waals surface area contributed by atoms with Crippen LogP contribution in [0.1, 0.15) is 36.8 Å². The number of aromatic nitrogens is 1. The number of aryl methyl sites for hydroxylation is 1. The summed E-state index contributed by atoms with van der Waals surface area (Å²) in [6, 6.07) is 5.81. The molecule has 1 unspecified atom stereocenters. The molecule has 13 heavy (non-hydrogen) atoms. The largest absolute Gasteiger partial charge is 0.387 e. The van der Waals surface area contributed by atoms with Crippen LogP contribution in [0.25, 0.3) is 0 Å². The lowest BCUT2D eigenvalue weighted by atomic mass is 10.1. The van der Waals surface area contributed by atoms with Gasteiger partial charge in [-0.2, -0.15) is 0 Å². The van der Waals surface area contributed by atoms with E-state index in [1.54, 1.807) is 0 Å². The van der Waals surface area contributed by atoms with E-state index in [2.05, 4.69) is 4.98 Å². The number of aliphatic hydroxyl groups is 1. The molecule has 1 heterocycles. The van der Waals surface area contributed by atoms with Crippen molar-refractivity contribution >= 4 is 0 Å². The highest BCUT2D eigenvalue weighted by atomic mass is 16.3. The van der Waals surface area contributed by atoms with Gasteiger partial charge >= 0.3 is 0 Å². The summed E-state index contributed by atoms with van der Waals surface area (Å²) < 4.78 is 0. The van der Waals surface area contributed by atoms with Crippen molar-refractivity contribution in [2.24, 2.45) is 5.92 Å². The van der Waals surface area contributed by atoms with Crippen LogP contribution in [0.3, 0.4) is 0 Å². The molecule has 0 amide bonds. The molecule has 0 spiro atoms. The maximum atomic E-state index is 9.79. The number of pyridine rings is 1. The first-order chi connectivity index (χ1) is 6.25. The van der Waals surface area contributed by atoms with E-state index >= 15 is 0 Å². The maximum absolute atomic E-state index is 9.79.